The first-order chi connectivity index (χ1) is 11.4. The van der Waals surface area contributed by atoms with Gasteiger partial charge in [-0.2, -0.15) is 10.2 Å². The first-order valence-electron chi connectivity index (χ1n) is 6.90. The summed E-state index contributed by atoms with van der Waals surface area (Å²) in [6, 6.07) is 6.13. The zero-order valence-corrected chi connectivity index (χ0v) is 14.8. The highest BCUT2D eigenvalue weighted by molar-refractivity contribution is 9.10. The van der Waals surface area contributed by atoms with Gasteiger partial charge in [-0.25, -0.2) is 4.39 Å². The molecule has 0 saturated carbocycles. The van der Waals surface area contributed by atoms with Gasteiger partial charge in [-0.3, -0.25) is 14.2 Å². The van der Waals surface area contributed by atoms with Crippen LogP contribution in [0.15, 0.2) is 41.1 Å². The minimum absolute atomic E-state index is 0.124. The molecule has 2 heterocycles. The molecule has 0 atom stereocenters. The summed E-state index contributed by atoms with van der Waals surface area (Å²) in [6.07, 6.45) is 3.26. The Morgan fingerprint density at radius 3 is 2.62 bits per heavy atom. The van der Waals surface area contributed by atoms with Crippen molar-refractivity contribution >= 4 is 39.3 Å². The number of carbonyl (C=O) groups is 1. The van der Waals surface area contributed by atoms with Crippen molar-refractivity contribution in [1.29, 1.82) is 0 Å². The summed E-state index contributed by atoms with van der Waals surface area (Å²) < 4.78 is 16.6. The molecule has 24 heavy (non-hydrogen) atoms. The molecule has 0 aliphatic heterocycles. The van der Waals surface area contributed by atoms with E-state index in [2.05, 4.69) is 31.4 Å². The van der Waals surface area contributed by atoms with Gasteiger partial charge in [0.2, 0.25) is 0 Å². The predicted octanol–water partition coefficient (Wildman–Crippen LogP) is 3.47. The van der Waals surface area contributed by atoms with Gasteiger partial charge in [0.25, 0.3) is 5.91 Å². The molecule has 0 unspecified atom stereocenters. The number of aryl methyl sites for hydroxylation is 1. The molecule has 0 aliphatic carbocycles. The SMILES string of the molecule is Cn1cc(Cl)c(C(=O)Nc2nn(Cc3ccc(F)cc3)cc2Br)n1. The summed E-state index contributed by atoms with van der Waals surface area (Å²) in [6.45, 7) is 0.444. The molecule has 1 amide bonds. The third kappa shape index (κ3) is 3.65. The number of nitrogens with one attached hydrogen (secondary N) is 1. The third-order valence-corrected chi connectivity index (χ3v) is 4.06. The maximum absolute atomic E-state index is 12.9. The number of rotatable bonds is 4. The number of benzene rings is 1. The Balaban J connectivity index is 1.75. The highest BCUT2D eigenvalue weighted by Gasteiger charge is 2.17. The lowest BCUT2D eigenvalue weighted by Gasteiger charge is -2.02. The van der Waals surface area contributed by atoms with E-state index in [-0.39, 0.29) is 16.5 Å². The fourth-order valence-corrected chi connectivity index (χ4v) is 2.80. The number of hydrogen-bond donors (Lipinski definition) is 1. The Morgan fingerprint density at radius 2 is 2.00 bits per heavy atom. The van der Waals surface area contributed by atoms with Gasteiger partial charge in [0.15, 0.2) is 11.5 Å². The van der Waals surface area contributed by atoms with Crippen LogP contribution < -0.4 is 5.32 Å². The standard InChI is InChI=1S/C15H12BrClFN5O/c1-22-8-12(17)13(20-22)15(24)19-14-11(16)7-23(21-14)6-9-2-4-10(18)5-3-9/h2-5,7-8H,6H2,1H3,(H,19,21,24). The van der Waals surface area contributed by atoms with Crippen LogP contribution in [-0.4, -0.2) is 25.5 Å². The Morgan fingerprint density at radius 1 is 1.29 bits per heavy atom. The maximum atomic E-state index is 12.9. The fourth-order valence-electron chi connectivity index (χ4n) is 2.12. The maximum Gasteiger partial charge on any atom is 0.278 e. The molecule has 124 valence electrons. The average Bonchev–Trinajstić information content (AvgIpc) is 3.04. The number of nitrogens with zero attached hydrogens (tertiary/aromatic N) is 4. The number of amides is 1. The van der Waals surface area contributed by atoms with Crippen LogP contribution in [0.4, 0.5) is 10.2 Å². The van der Waals surface area contributed by atoms with Crippen molar-refractivity contribution in [1.82, 2.24) is 19.6 Å². The molecule has 6 nitrogen and oxygen atoms in total. The first-order valence-corrected chi connectivity index (χ1v) is 8.07. The van der Waals surface area contributed by atoms with E-state index in [0.29, 0.717) is 16.8 Å². The molecule has 0 spiro atoms. The second-order valence-corrected chi connectivity index (χ2v) is 6.36. The Hall–Kier alpha value is -2.19. The summed E-state index contributed by atoms with van der Waals surface area (Å²) in [4.78, 5) is 12.2. The molecule has 9 heteroatoms. The van der Waals surface area contributed by atoms with Crippen LogP contribution in [0.2, 0.25) is 5.02 Å². The highest BCUT2D eigenvalue weighted by Crippen LogP contribution is 2.22. The van der Waals surface area contributed by atoms with E-state index < -0.39 is 5.91 Å². The van der Waals surface area contributed by atoms with Gasteiger partial charge in [0.1, 0.15) is 5.82 Å². The zero-order chi connectivity index (χ0) is 17.3. The molecular formula is C15H12BrClFN5O. The van der Waals surface area contributed by atoms with Crippen molar-refractivity contribution in [3.05, 3.63) is 63.2 Å². The lowest BCUT2D eigenvalue weighted by atomic mass is 10.2. The van der Waals surface area contributed by atoms with Gasteiger partial charge in [-0.15, -0.1) is 0 Å². The molecule has 1 N–H and O–H groups in total. The van der Waals surface area contributed by atoms with E-state index in [0.717, 1.165) is 5.56 Å². The van der Waals surface area contributed by atoms with Crippen LogP contribution in [0.5, 0.6) is 0 Å². The van der Waals surface area contributed by atoms with Crippen LogP contribution >= 0.6 is 27.5 Å². The minimum atomic E-state index is -0.451. The van der Waals surface area contributed by atoms with Gasteiger partial charge in [-0.1, -0.05) is 23.7 Å². The topological polar surface area (TPSA) is 64.7 Å². The summed E-state index contributed by atoms with van der Waals surface area (Å²) in [5, 5.41) is 11.2. The molecular weight excluding hydrogens is 401 g/mol. The number of carbonyl (C=O) groups excluding carboxylic acids is 1. The number of halogens is 3. The second kappa shape index (κ2) is 6.74. The molecule has 2 aromatic heterocycles. The molecule has 0 bridgehead atoms. The minimum Gasteiger partial charge on any atom is -0.303 e. The number of anilines is 1. The van der Waals surface area contributed by atoms with Crippen LogP contribution in [0.1, 0.15) is 16.1 Å². The molecule has 0 radical (unpaired) electrons. The summed E-state index contributed by atoms with van der Waals surface area (Å²) in [5.41, 5.74) is 1.01. The van der Waals surface area contributed by atoms with Crippen molar-refractivity contribution in [2.24, 2.45) is 7.05 Å². The van der Waals surface area contributed by atoms with Crippen LogP contribution in [0.3, 0.4) is 0 Å². The van der Waals surface area contributed by atoms with Crippen molar-refractivity contribution in [2.75, 3.05) is 5.32 Å². The van der Waals surface area contributed by atoms with Crippen molar-refractivity contribution < 1.29 is 9.18 Å². The normalized spacial score (nSPS) is 10.8. The van der Waals surface area contributed by atoms with E-state index in [1.165, 1.54) is 16.8 Å². The van der Waals surface area contributed by atoms with Crippen LogP contribution in [0, 0.1) is 5.82 Å². The summed E-state index contributed by atoms with van der Waals surface area (Å²) in [5.74, 6) is -0.391. The monoisotopic (exact) mass is 411 g/mol. The lowest BCUT2D eigenvalue weighted by Crippen LogP contribution is -2.14. The Kier molecular flexibility index (Phi) is 4.68. The molecule has 0 saturated heterocycles. The molecule has 1 aromatic carbocycles. The Bertz CT molecular complexity index is 890. The van der Waals surface area contributed by atoms with Crippen LogP contribution in [-0.2, 0) is 13.6 Å². The van der Waals surface area contributed by atoms with E-state index in [1.807, 2.05) is 0 Å². The van der Waals surface area contributed by atoms with Gasteiger partial charge in [0, 0.05) is 19.4 Å². The molecule has 3 rings (SSSR count). The number of aromatic nitrogens is 4. The largest absolute Gasteiger partial charge is 0.303 e. The van der Waals surface area contributed by atoms with Gasteiger partial charge >= 0.3 is 0 Å². The molecule has 0 aliphatic rings. The summed E-state index contributed by atoms with van der Waals surface area (Å²) >= 11 is 9.31. The van der Waals surface area contributed by atoms with E-state index in [9.17, 15) is 9.18 Å². The second-order valence-electron chi connectivity index (χ2n) is 5.10. The van der Waals surface area contributed by atoms with Gasteiger partial charge in [0.05, 0.1) is 16.0 Å². The molecule has 0 fully saturated rings. The van der Waals surface area contributed by atoms with Gasteiger partial charge in [-0.05, 0) is 33.6 Å². The van der Waals surface area contributed by atoms with Gasteiger partial charge < -0.3 is 5.32 Å². The van der Waals surface area contributed by atoms with Crippen LogP contribution in [0.25, 0.3) is 0 Å². The van der Waals surface area contributed by atoms with Crippen molar-refractivity contribution in [3.63, 3.8) is 0 Å². The Labute approximate surface area is 150 Å². The highest BCUT2D eigenvalue weighted by atomic mass is 79.9. The molecule has 3 aromatic rings. The predicted molar refractivity (Wildman–Crippen MR) is 91.6 cm³/mol. The first kappa shape index (κ1) is 16.7. The summed E-state index contributed by atoms with van der Waals surface area (Å²) in [7, 11) is 1.68. The fraction of sp³-hybridized carbons (Fsp3) is 0.133. The van der Waals surface area contributed by atoms with Crippen molar-refractivity contribution in [3.8, 4) is 0 Å². The van der Waals surface area contributed by atoms with E-state index >= 15 is 0 Å². The van der Waals surface area contributed by atoms with E-state index in [1.54, 1.807) is 36.3 Å². The van der Waals surface area contributed by atoms with E-state index in [4.69, 9.17) is 11.6 Å². The van der Waals surface area contributed by atoms with Crippen molar-refractivity contribution in [2.45, 2.75) is 6.54 Å². The third-order valence-electron chi connectivity index (χ3n) is 3.21. The zero-order valence-electron chi connectivity index (χ0n) is 12.5. The number of hydrogen-bond acceptors (Lipinski definition) is 3. The lowest BCUT2D eigenvalue weighted by molar-refractivity contribution is 0.102. The smallest absolute Gasteiger partial charge is 0.278 e. The quantitative estimate of drug-likeness (QED) is 0.713. The average molecular weight is 413 g/mol.